The van der Waals surface area contributed by atoms with Gasteiger partial charge in [-0.2, -0.15) is 0 Å². The molecule has 114 valence electrons. The lowest BCUT2D eigenvalue weighted by Gasteiger charge is -2.06. The van der Waals surface area contributed by atoms with Gasteiger partial charge < -0.3 is 9.13 Å². The van der Waals surface area contributed by atoms with Crippen molar-refractivity contribution in [3.63, 3.8) is 0 Å². The SMILES string of the molecule is Fc1ccccc1Cn1cc(Cn2ccnc2)c2ccccc21. The molecule has 2 aromatic heterocycles. The second-order valence-electron chi connectivity index (χ2n) is 5.63. The second-order valence-corrected chi connectivity index (χ2v) is 5.63. The molecule has 0 fully saturated rings. The molecule has 0 saturated heterocycles. The molecule has 4 aromatic rings. The van der Waals surface area contributed by atoms with Gasteiger partial charge in [0.05, 0.1) is 19.4 Å². The maximum absolute atomic E-state index is 14.0. The minimum atomic E-state index is -0.165. The molecule has 0 amide bonds. The van der Waals surface area contributed by atoms with Crippen molar-refractivity contribution in [3.8, 4) is 0 Å². The molecule has 4 rings (SSSR count). The summed E-state index contributed by atoms with van der Waals surface area (Å²) in [7, 11) is 0. The van der Waals surface area contributed by atoms with E-state index >= 15 is 0 Å². The maximum atomic E-state index is 14.0. The largest absolute Gasteiger partial charge is 0.343 e. The predicted molar refractivity (Wildman–Crippen MR) is 88.8 cm³/mol. The summed E-state index contributed by atoms with van der Waals surface area (Å²) in [6.07, 6.45) is 7.64. The first-order chi connectivity index (χ1) is 11.3. The van der Waals surface area contributed by atoms with Crippen LogP contribution >= 0.6 is 0 Å². The number of hydrogen-bond donors (Lipinski definition) is 0. The van der Waals surface area contributed by atoms with E-state index in [1.807, 2.05) is 41.4 Å². The summed E-state index contributed by atoms with van der Waals surface area (Å²) in [5.41, 5.74) is 3.02. The Morgan fingerprint density at radius 2 is 1.74 bits per heavy atom. The molecule has 23 heavy (non-hydrogen) atoms. The molecule has 0 unspecified atom stereocenters. The third-order valence-electron chi connectivity index (χ3n) is 4.08. The molecule has 2 heterocycles. The van der Waals surface area contributed by atoms with E-state index in [9.17, 15) is 4.39 Å². The lowest BCUT2D eigenvalue weighted by Crippen LogP contribution is -2.00. The fourth-order valence-corrected chi connectivity index (χ4v) is 2.97. The first kappa shape index (κ1) is 13.8. The highest BCUT2D eigenvalue weighted by atomic mass is 19.1. The summed E-state index contributed by atoms with van der Waals surface area (Å²) in [4.78, 5) is 4.09. The summed E-state index contributed by atoms with van der Waals surface area (Å²) in [6, 6.07) is 15.2. The summed E-state index contributed by atoms with van der Waals surface area (Å²) >= 11 is 0. The fourth-order valence-electron chi connectivity index (χ4n) is 2.97. The van der Waals surface area contributed by atoms with Crippen molar-refractivity contribution >= 4 is 10.9 Å². The normalized spacial score (nSPS) is 11.2. The maximum Gasteiger partial charge on any atom is 0.128 e. The Labute approximate surface area is 133 Å². The molecule has 0 aliphatic heterocycles. The van der Waals surface area contributed by atoms with Crippen molar-refractivity contribution in [1.82, 2.24) is 14.1 Å². The van der Waals surface area contributed by atoms with Crippen molar-refractivity contribution in [2.75, 3.05) is 0 Å². The number of aromatic nitrogens is 3. The third kappa shape index (κ3) is 2.63. The van der Waals surface area contributed by atoms with Crippen LogP contribution in [0.3, 0.4) is 0 Å². The van der Waals surface area contributed by atoms with E-state index < -0.39 is 0 Å². The van der Waals surface area contributed by atoms with E-state index in [2.05, 4.69) is 27.9 Å². The standard InChI is InChI=1S/C19H16FN3/c20-18-7-3-1-5-15(18)12-23-13-16(11-22-10-9-21-14-22)17-6-2-4-8-19(17)23/h1-10,13-14H,11-12H2. The number of fused-ring (bicyclic) bond motifs is 1. The van der Waals surface area contributed by atoms with E-state index in [-0.39, 0.29) is 5.82 Å². The molecule has 0 bridgehead atoms. The smallest absolute Gasteiger partial charge is 0.128 e. The molecule has 0 N–H and O–H groups in total. The highest BCUT2D eigenvalue weighted by molar-refractivity contribution is 5.84. The van der Waals surface area contributed by atoms with Gasteiger partial charge in [-0.05, 0) is 17.7 Å². The van der Waals surface area contributed by atoms with Crippen molar-refractivity contribution in [2.45, 2.75) is 13.1 Å². The number of benzene rings is 2. The van der Waals surface area contributed by atoms with Gasteiger partial charge in [0.2, 0.25) is 0 Å². The molecule has 0 spiro atoms. The van der Waals surface area contributed by atoms with Crippen LogP contribution in [0.5, 0.6) is 0 Å². The third-order valence-corrected chi connectivity index (χ3v) is 4.08. The van der Waals surface area contributed by atoms with Gasteiger partial charge >= 0.3 is 0 Å². The number of para-hydroxylation sites is 1. The Hall–Kier alpha value is -2.88. The zero-order valence-electron chi connectivity index (χ0n) is 12.6. The lowest BCUT2D eigenvalue weighted by molar-refractivity contribution is 0.602. The van der Waals surface area contributed by atoms with Gasteiger partial charge in [-0.25, -0.2) is 9.37 Å². The fraction of sp³-hybridized carbons (Fsp3) is 0.105. The monoisotopic (exact) mass is 305 g/mol. The molecule has 2 aromatic carbocycles. The molecule has 4 heteroatoms. The Morgan fingerprint density at radius 3 is 2.57 bits per heavy atom. The highest BCUT2D eigenvalue weighted by Crippen LogP contribution is 2.23. The van der Waals surface area contributed by atoms with Crippen LogP contribution in [0.1, 0.15) is 11.1 Å². The molecule has 0 aliphatic carbocycles. The van der Waals surface area contributed by atoms with Gasteiger partial charge in [0.25, 0.3) is 0 Å². The number of rotatable bonds is 4. The van der Waals surface area contributed by atoms with Crippen LogP contribution in [0.2, 0.25) is 0 Å². The summed E-state index contributed by atoms with van der Waals surface area (Å²) < 4.78 is 18.1. The van der Waals surface area contributed by atoms with Crippen LogP contribution in [0, 0.1) is 5.82 Å². The summed E-state index contributed by atoms with van der Waals surface area (Å²) in [5, 5.41) is 1.19. The Bertz CT molecular complexity index is 938. The van der Waals surface area contributed by atoms with E-state index in [1.54, 1.807) is 12.3 Å². The van der Waals surface area contributed by atoms with E-state index in [0.29, 0.717) is 12.1 Å². The van der Waals surface area contributed by atoms with Crippen molar-refractivity contribution in [3.05, 3.63) is 90.4 Å². The molecular formula is C19H16FN3. The topological polar surface area (TPSA) is 22.8 Å². The number of imidazole rings is 1. The first-order valence-electron chi connectivity index (χ1n) is 7.57. The first-order valence-corrected chi connectivity index (χ1v) is 7.57. The van der Waals surface area contributed by atoms with Gasteiger partial charge in [0, 0.05) is 35.1 Å². The average molecular weight is 305 g/mol. The van der Waals surface area contributed by atoms with Crippen molar-refractivity contribution < 1.29 is 4.39 Å². The molecule has 0 radical (unpaired) electrons. The molecule has 3 nitrogen and oxygen atoms in total. The van der Waals surface area contributed by atoms with Crippen LogP contribution in [-0.4, -0.2) is 14.1 Å². The van der Waals surface area contributed by atoms with E-state index in [4.69, 9.17) is 0 Å². The molecule has 0 aliphatic rings. The van der Waals surface area contributed by atoms with Crippen molar-refractivity contribution in [1.29, 1.82) is 0 Å². The number of nitrogens with zero attached hydrogens (tertiary/aromatic N) is 3. The van der Waals surface area contributed by atoms with Gasteiger partial charge in [-0.3, -0.25) is 0 Å². The highest BCUT2D eigenvalue weighted by Gasteiger charge is 2.10. The minimum absolute atomic E-state index is 0.165. The zero-order chi connectivity index (χ0) is 15.6. The van der Waals surface area contributed by atoms with Gasteiger partial charge in [0.15, 0.2) is 0 Å². The van der Waals surface area contributed by atoms with E-state index in [0.717, 1.165) is 12.1 Å². The Balaban J connectivity index is 1.76. The van der Waals surface area contributed by atoms with Crippen LogP contribution in [0.15, 0.2) is 73.4 Å². The van der Waals surface area contributed by atoms with Gasteiger partial charge in [-0.1, -0.05) is 36.4 Å². The second kappa shape index (κ2) is 5.72. The average Bonchev–Trinajstić information content (AvgIpc) is 3.19. The Morgan fingerprint density at radius 1 is 0.913 bits per heavy atom. The van der Waals surface area contributed by atoms with Crippen LogP contribution < -0.4 is 0 Å². The number of halogens is 1. The number of hydrogen-bond acceptors (Lipinski definition) is 1. The molecule has 0 saturated carbocycles. The zero-order valence-corrected chi connectivity index (χ0v) is 12.6. The van der Waals surface area contributed by atoms with Crippen LogP contribution in [0.25, 0.3) is 10.9 Å². The van der Waals surface area contributed by atoms with Crippen LogP contribution in [0.4, 0.5) is 4.39 Å². The Kier molecular flexibility index (Phi) is 3.42. The minimum Gasteiger partial charge on any atom is -0.343 e. The quantitative estimate of drug-likeness (QED) is 0.557. The summed E-state index contributed by atoms with van der Waals surface area (Å²) in [5.74, 6) is -0.165. The van der Waals surface area contributed by atoms with Gasteiger partial charge in [0.1, 0.15) is 5.82 Å². The van der Waals surface area contributed by atoms with Crippen molar-refractivity contribution in [2.24, 2.45) is 0 Å². The molecular weight excluding hydrogens is 289 g/mol. The summed E-state index contributed by atoms with van der Waals surface area (Å²) in [6.45, 7) is 1.28. The van der Waals surface area contributed by atoms with E-state index in [1.165, 1.54) is 17.0 Å². The van der Waals surface area contributed by atoms with Crippen LogP contribution in [-0.2, 0) is 13.1 Å². The van der Waals surface area contributed by atoms with Gasteiger partial charge in [-0.15, -0.1) is 0 Å². The lowest BCUT2D eigenvalue weighted by atomic mass is 10.2. The predicted octanol–water partition coefficient (Wildman–Crippen LogP) is 4.07. The molecule has 0 atom stereocenters.